The van der Waals surface area contributed by atoms with Crippen molar-refractivity contribution in [3.63, 3.8) is 0 Å². The van der Waals surface area contributed by atoms with Gasteiger partial charge in [0.25, 0.3) is 0 Å². The Morgan fingerprint density at radius 2 is 2.15 bits per heavy atom. The number of nitrogens with one attached hydrogen (secondary N) is 1. The molecule has 1 N–H and O–H groups in total. The van der Waals surface area contributed by atoms with Gasteiger partial charge >= 0.3 is 0 Å². The average molecular weight is 291 g/mol. The Hall–Kier alpha value is -1.58. The monoisotopic (exact) mass is 290 g/mol. The first-order valence-corrected chi connectivity index (χ1v) is 7.17. The number of aromatic nitrogens is 1. The minimum absolute atomic E-state index is 0.599. The van der Waals surface area contributed by atoms with Crippen LogP contribution in [0.3, 0.4) is 0 Å². The molecule has 0 atom stereocenters. The Morgan fingerprint density at radius 1 is 1.30 bits per heavy atom. The fourth-order valence-electron chi connectivity index (χ4n) is 1.84. The number of aryl methyl sites for hydroxylation is 1. The standard InChI is InChI=1S/C16H19ClN2O/c1-3-8-18-11-13-5-4-9-19-16(13)20-15-7-6-12(2)10-14(15)17/h4-7,9-10,18H,3,8,11H2,1-2H3. The highest BCUT2D eigenvalue weighted by Crippen LogP contribution is 2.30. The van der Waals surface area contributed by atoms with Gasteiger partial charge in [0, 0.05) is 18.3 Å². The summed E-state index contributed by atoms with van der Waals surface area (Å²) in [5.41, 5.74) is 2.13. The van der Waals surface area contributed by atoms with Crippen molar-refractivity contribution in [3.05, 3.63) is 52.7 Å². The molecule has 106 valence electrons. The van der Waals surface area contributed by atoms with Crippen molar-refractivity contribution in [2.75, 3.05) is 6.54 Å². The van der Waals surface area contributed by atoms with Gasteiger partial charge in [-0.1, -0.05) is 30.7 Å². The van der Waals surface area contributed by atoms with Crippen molar-refractivity contribution in [1.29, 1.82) is 0 Å². The number of rotatable bonds is 6. The van der Waals surface area contributed by atoms with Gasteiger partial charge in [0.15, 0.2) is 0 Å². The molecule has 0 saturated heterocycles. The minimum Gasteiger partial charge on any atom is -0.437 e. The first kappa shape index (κ1) is 14.8. The molecule has 0 bridgehead atoms. The van der Waals surface area contributed by atoms with E-state index < -0.39 is 0 Å². The van der Waals surface area contributed by atoms with E-state index >= 15 is 0 Å². The van der Waals surface area contributed by atoms with Crippen molar-refractivity contribution in [3.8, 4) is 11.6 Å². The van der Waals surface area contributed by atoms with Gasteiger partial charge in [-0.2, -0.15) is 0 Å². The highest BCUT2D eigenvalue weighted by Gasteiger charge is 2.08. The molecule has 0 spiro atoms. The van der Waals surface area contributed by atoms with E-state index in [9.17, 15) is 0 Å². The van der Waals surface area contributed by atoms with Crippen LogP contribution in [0.25, 0.3) is 0 Å². The second-order valence-corrected chi connectivity index (χ2v) is 5.09. The molecular weight excluding hydrogens is 272 g/mol. The second kappa shape index (κ2) is 7.27. The summed E-state index contributed by atoms with van der Waals surface area (Å²) < 4.78 is 5.84. The third kappa shape index (κ3) is 3.95. The molecule has 2 rings (SSSR count). The molecule has 2 aromatic rings. The van der Waals surface area contributed by atoms with Crippen molar-refractivity contribution < 1.29 is 4.74 Å². The molecule has 1 heterocycles. The maximum Gasteiger partial charge on any atom is 0.223 e. The largest absolute Gasteiger partial charge is 0.437 e. The van der Waals surface area contributed by atoms with Crippen LogP contribution in [0.4, 0.5) is 0 Å². The topological polar surface area (TPSA) is 34.2 Å². The summed E-state index contributed by atoms with van der Waals surface area (Å²) in [7, 11) is 0. The summed E-state index contributed by atoms with van der Waals surface area (Å²) in [5, 5.41) is 3.95. The molecule has 1 aromatic heterocycles. The average Bonchev–Trinajstić information content (AvgIpc) is 2.44. The smallest absolute Gasteiger partial charge is 0.223 e. The Kier molecular flexibility index (Phi) is 5.39. The van der Waals surface area contributed by atoms with Gasteiger partial charge in [-0.15, -0.1) is 0 Å². The molecule has 0 aliphatic rings. The molecule has 20 heavy (non-hydrogen) atoms. The van der Waals surface area contributed by atoms with Gasteiger partial charge in [0.05, 0.1) is 5.02 Å². The van der Waals surface area contributed by atoms with Crippen molar-refractivity contribution in [2.45, 2.75) is 26.8 Å². The molecule has 0 aliphatic carbocycles. The number of pyridine rings is 1. The van der Waals surface area contributed by atoms with Crippen LogP contribution in [0, 0.1) is 6.92 Å². The lowest BCUT2D eigenvalue weighted by Crippen LogP contribution is -2.14. The highest BCUT2D eigenvalue weighted by atomic mass is 35.5. The van der Waals surface area contributed by atoms with E-state index in [2.05, 4.69) is 17.2 Å². The van der Waals surface area contributed by atoms with Crippen LogP contribution in [0.5, 0.6) is 11.6 Å². The second-order valence-electron chi connectivity index (χ2n) is 4.68. The highest BCUT2D eigenvalue weighted by molar-refractivity contribution is 6.32. The van der Waals surface area contributed by atoms with Crippen LogP contribution in [0.1, 0.15) is 24.5 Å². The molecule has 0 fully saturated rings. The molecule has 0 amide bonds. The molecule has 3 nitrogen and oxygen atoms in total. The van der Waals surface area contributed by atoms with Crippen molar-refractivity contribution in [2.24, 2.45) is 0 Å². The van der Waals surface area contributed by atoms with Crippen molar-refractivity contribution >= 4 is 11.6 Å². The van der Waals surface area contributed by atoms with Gasteiger partial charge in [-0.25, -0.2) is 4.98 Å². The molecule has 4 heteroatoms. The summed E-state index contributed by atoms with van der Waals surface area (Å²) in [4.78, 5) is 4.30. The van der Waals surface area contributed by atoms with Gasteiger partial charge in [0.1, 0.15) is 5.75 Å². The van der Waals surface area contributed by atoms with Crippen LogP contribution in [0.15, 0.2) is 36.5 Å². The molecule has 1 aromatic carbocycles. The summed E-state index contributed by atoms with van der Waals surface area (Å²) in [6.45, 7) is 5.84. The Balaban J connectivity index is 2.16. The Morgan fingerprint density at radius 3 is 2.90 bits per heavy atom. The summed E-state index contributed by atoms with van der Waals surface area (Å²) in [6, 6.07) is 9.64. The minimum atomic E-state index is 0.599. The number of nitrogens with zero attached hydrogens (tertiary/aromatic N) is 1. The van der Waals surface area contributed by atoms with Crippen molar-refractivity contribution in [1.82, 2.24) is 10.3 Å². The third-order valence-electron chi connectivity index (χ3n) is 2.89. The lowest BCUT2D eigenvalue weighted by molar-refractivity contribution is 0.453. The maximum atomic E-state index is 6.19. The third-order valence-corrected chi connectivity index (χ3v) is 3.18. The molecule has 0 aliphatic heterocycles. The lowest BCUT2D eigenvalue weighted by Gasteiger charge is -2.11. The lowest BCUT2D eigenvalue weighted by atomic mass is 10.2. The van der Waals surface area contributed by atoms with Gasteiger partial charge in [0.2, 0.25) is 5.88 Å². The fourth-order valence-corrected chi connectivity index (χ4v) is 2.12. The van der Waals surface area contributed by atoms with Crippen LogP contribution < -0.4 is 10.1 Å². The van der Waals surface area contributed by atoms with E-state index in [1.165, 1.54) is 0 Å². The molecule has 0 saturated carbocycles. The fraction of sp³-hybridized carbons (Fsp3) is 0.312. The maximum absolute atomic E-state index is 6.19. The van der Waals surface area contributed by atoms with Crippen LogP contribution >= 0.6 is 11.6 Å². The summed E-state index contributed by atoms with van der Waals surface area (Å²) >= 11 is 6.19. The zero-order valence-electron chi connectivity index (χ0n) is 11.8. The quantitative estimate of drug-likeness (QED) is 0.804. The van der Waals surface area contributed by atoms with E-state index in [0.29, 0.717) is 16.7 Å². The first-order chi connectivity index (χ1) is 9.70. The SMILES string of the molecule is CCCNCc1cccnc1Oc1ccc(C)cc1Cl. The number of hydrogen-bond acceptors (Lipinski definition) is 3. The predicted molar refractivity (Wildman–Crippen MR) is 82.5 cm³/mol. The van der Waals surface area contributed by atoms with Gasteiger partial charge in [-0.3, -0.25) is 0 Å². The van der Waals surface area contributed by atoms with Crippen LogP contribution in [-0.2, 0) is 6.54 Å². The van der Waals surface area contributed by atoms with E-state index in [0.717, 1.165) is 30.6 Å². The first-order valence-electron chi connectivity index (χ1n) is 6.79. The number of hydrogen-bond donors (Lipinski definition) is 1. The molecule has 0 unspecified atom stereocenters. The number of ether oxygens (including phenoxy) is 1. The van der Waals surface area contributed by atoms with E-state index in [4.69, 9.17) is 16.3 Å². The van der Waals surface area contributed by atoms with Gasteiger partial charge < -0.3 is 10.1 Å². The van der Waals surface area contributed by atoms with E-state index in [-0.39, 0.29) is 0 Å². The number of halogens is 1. The molecule has 0 radical (unpaired) electrons. The summed E-state index contributed by atoms with van der Waals surface area (Å²) in [6.07, 6.45) is 2.82. The van der Waals surface area contributed by atoms with Crippen LogP contribution in [0.2, 0.25) is 5.02 Å². The zero-order chi connectivity index (χ0) is 14.4. The Labute approximate surface area is 124 Å². The molecular formula is C16H19ClN2O. The Bertz CT molecular complexity index is 572. The van der Waals surface area contributed by atoms with Crippen LogP contribution in [-0.4, -0.2) is 11.5 Å². The van der Waals surface area contributed by atoms with Gasteiger partial charge in [-0.05, 0) is 43.7 Å². The zero-order valence-corrected chi connectivity index (χ0v) is 12.6. The summed E-state index contributed by atoms with van der Waals surface area (Å²) in [5.74, 6) is 1.23. The van der Waals surface area contributed by atoms with E-state index in [1.807, 2.05) is 37.3 Å². The van der Waals surface area contributed by atoms with E-state index in [1.54, 1.807) is 6.20 Å². The number of benzene rings is 1. The normalized spacial score (nSPS) is 10.6. The predicted octanol–water partition coefficient (Wildman–Crippen LogP) is 4.34.